The van der Waals surface area contributed by atoms with Crippen LogP contribution in [-0.4, -0.2) is 36.9 Å². The van der Waals surface area contributed by atoms with Gasteiger partial charge in [-0.05, 0) is 38.1 Å². The van der Waals surface area contributed by atoms with Crippen LogP contribution in [0.3, 0.4) is 0 Å². The predicted octanol–water partition coefficient (Wildman–Crippen LogP) is 2.38. The zero-order chi connectivity index (χ0) is 19.5. The Morgan fingerprint density at radius 3 is 2.68 bits per heavy atom. The number of nitrogens with zero attached hydrogens (tertiary/aromatic N) is 6. The number of carbonyl (C=O) groups is 1. The Kier molecular flexibility index (Phi) is 4.67. The lowest BCUT2D eigenvalue weighted by molar-refractivity contribution is -0.121. The van der Waals surface area contributed by atoms with E-state index in [1.54, 1.807) is 10.9 Å². The fourth-order valence-electron chi connectivity index (χ4n) is 3.04. The van der Waals surface area contributed by atoms with Gasteiger partial charge >= 0.3 is 0 Å². The van der Waals surface area contributed by atoms with E-state index < -0.39 is 0 Å². The molecular formula is C20H19N7O. The maximum absolute atomic E-state index is 12.2. The van der Waals surface area contributed by atoms with Gasteiger partial charge in [0.1, 0.15) is 12.1 Å². The lowest BCUT2D eigenvalue weighted by Gasteiger charge is -2.03. The molecule has 8 nitrogen and oxygen atoms in total. The average Bonchev–Trinajstić information content (AvgIpc) is 3.24. The minimum Gasteiger partial charge on any atom is -0.271 e. The van der Waals surface area contributed by atoms with Gasteiger partial charge in [0.25, 0.3) is 5.91 Å². The third-order valence-corrected chi connectivity index (χ3v) is 4.44. The van der Waals surface area contributed by atoms with Crippen LogP contribution in [0.15, 0.2) is 59.7 Å². The Labute approximate surface area is 161 Å². The van der Waals surface area contributed by atoms with E-state index in [0.29, 0.717) is 0 Å². The van der Waals surface area contributed by atoms with Crippen molar-refractivity contribution in [2.75, 3.05) is 0 Å². The smallest absolute Gasteiger partial charge is 0.261 e. The normalized spacial score (nSPS) is 11.4. The number of rotatable bonds is 5. The molecular weight excluding hydrogens is 354 g/mol. The molecule has 4 rings (SSSR count). The topological polar surface area (TPSA) is 90.0 Å². The molecule has 0 saturated heterocycles. The molecule has 28 heavy (non-hydrogen) atoms. The Hall–Kier alpha value is -3.81. The van der Waals surface area contributed by atoms with Crippen molar-refractivity contribution >= 4 is 23.2 Å². The molecule has 0 aliphatic rings. The molecule has 0 bridgehead atoms. The lowest BCUT2D eigenvalue weighted by atomic mass is 10.2. The highest BCUT2D eigenvalue weighted by atomic mass is 16.2. The molecule has 0 saturated carbocycles. The fraction of sp³-hybridized carbons (Fsp3) is 0.150. The second-order valence-electron chi connectivity index (χ2n) is 6.36. The van der Waals surface area contributed by atoms with Gasteiger partial charge in [0.15, 0.2) is 0 Å². The number of benzene rings is 2. The summed E-state index contributed by atoms with van der Waals surface area (Å²) in [5, 5.41) is 16.7. The van der Waals surface area contributed by atoms with Gasteiger partial charge in [0.05, 0.1) is 28.8 Å². The Bertz CT molecular complexity index is 1160. The zero-order valence-corrected chi connectivity index (χ0v) is 15.6. The van der Waals surface area contributed by atoms with E-state index in [-0.39, 0.29) is 12.5 Å². The summed E-state index contributed by atoms with van der Waals surface area (Å²) < 4.78 is 3.41. The third-order valence-electron chi connectivity index (χ3n) is 4.44. The molecule has 0 unspecified atom stereocenters. The molecule has 8 heteroatoms. The van der Waals surface area contributed by atoms with Gasteiger partial charge in [-0.3, -0.25) is 4.79 Å². The maximum Gasteiger partial charge on any atom is 0.261 e. The molecule has 140 valence electrons. The number of nitrogens with one attached hydrogen (secondary N) is 1. The highest BCUT2D eigenvalue weighted by molar-refractivity contribution is 5.85. The van der Waals surface area contributed by atoms with Crippen LogP contribution in [0.2, 0.25) is 0 Å². The lowest BCUT2D eigenvalue weighted by Crippen LogP contribution is -2.23. The summed E-state index contributed by atoms with van der Waals surface area (Å²) in [6, 6.07) is 17.4. The summed E-state index contributed by atoms with van der Waals surface area (Å²) in [4.78, 5) is 12.2. The van der Waals surface area contributed by atoms with Crippen molar-refractivity contribution in [1.82, 2.24) is 30.2 Å². The van der Waals surface area contributed by atoms with Crippen molar-refractivity contribution in [3.63, 3.8) is 0 Å². The van der Waals surface area contributed by atoms with Gasteiger partial charge in [-0.2, -0.15) is 10.2 Å². The first-order chi connectivity index (χ1) is 13.6. The molecule has 2 heterocycles. The van der Waals surface area contributed by atoms with Crippen LogP contribution in [0, 0.1) is 13.8 Å². The molecule has 0 aliphatic heterocycles. The molecule has 0 fully saturated rings. The maximum atomic E-state index is 12.2. The molecule has 0 atom stereocenters. The minimum atomic E-state index is -0.280. The number of hydrogen-bond donors (Lipinski definition) is 1. The molecule has 4 aromatic rings. The van der Waals surface area contributed by atoms with E-state index in [4.69, 9.17) is 0 Å². The van der Waals surface area contributed by atoms with Crippen LogP contribution < -0.4 is 5.43 Å². The van der Waals surface area contributed by atoms with Crippen LogP contribution in [0.1, 0.15) is 17.0 Å². The number of fused-ring (bicyclic) bond motifs is 1. The summed E-state index contributed by atoms with van der Waals surface area (Å²) in [5.41, 5.74) is 7.72. The van der Waals surface area contributed by atoms with E-state index in [2.05, 4.69) is 25.9 Å². The van der Waals surface area contributed by atoms with E-state index in [9.17, 15) is 4.79 Å². The van der Waals surface area contributed by atoms with Crippen LogP contribution in [0.4, 0.5) is 0 Å². The second kappa shape index (κ2) is 7.43. The molecule has 2 aromatic carbocycles. The van der Waals surface area contributed by atoms with E-state index in [0.717, 1.165) is 33.7 Å². The number of aromatic nitrogens is 5. The van der Waals surface area contributed by atoms with Crippen molar-refractivity contribution in [3.05, 3.63) is 71.5 Å². The third kappa shape index (κ3) is 3.39. The highest BCUT2D eigenvalue weighted by Crippen LogP contribution is 2.16. The van der Waals surface area contributed by atoms with Gasteiger partial charge in [-0.1, -0.05) is 35.5 Å². The first kappa shape index (κ1) is 17.6. The number of carbonyl (C=O) groups excluding carboxylic acids is 1. The van der Waals surface area contributed by atoms with Crippen LogP contribution in [0.5, 0.6) is 0 Å². The quantitative estimate of drug-likeness (QED) is 0.430. The molecule has 1 N–H and O–H groups in total. The van der Waals surface area contributed by atoms with Gasteiger partial charge in [-0.25, -0.2) is 14.8 Å². The number of hydrazone groups is 1. The summed E-state index contributed by atoms with van der Waals surface area (Å²) >= 11 is 0. The highest BCUT2D eigenvalue weighted by Gasteiger charge is 2.11. The standard InChI is InChI=1S/C20H19N7O/c1-14-17(15(2)27(24-14)16-8-4-3-5-9-16)12-21-23-20(28)13-26-19-11-7-6-10-18(19)22-25-26/h3-12H,13H2,1-2H3,(H,23,28). The van der Waals surface area contributed by atoms with Crippen LogP contribution in [-0.2, 0) is 11.3 Å². The van der Waals surface area contributed by atoms with Crippen molar-refractivity contribution in [3.8, 4) is 5.69 Å². The van der Waals surface area contributed by atoms with Crippen molar-refractivity contribution in [2.45, 2.75) is 20.4 Å². The number of aryl methyl sites for hydroxylation is 1. The van der Waals surface area contributed by atoms with Crippen molar-refractivity contribution < 1.29 is 4.79 Å². The number of para-hydroxylation sites is 2. The summed E-state index contributed by atoms with van der Waals surface area (Å²) in [5.74, 6) is -0.280. The van der Waals surface area contributed by atoms with Crippen molar-refractivity contribution in [2.24, 2.45) is 5.10 Å². The fourth-order valence-corrected chi connectivity index (χ4v) is 3.04. The Balaban J connectivity index is 1.46. The first-order valence-electron chi connectivity index (χ1n) is 8.85. The largest absolute Gasteiger partial charge is 0.271 e. The molecule has 0 radical (unpaired) electrons. The Morgan fingerprint density at radius 2 is 1.86 bits per heavy atom. The van der Waals surface area contributed by atoms with Gasteiger partial charge in [0, 0.05) is 5.56 Å². The number of hydrogen-bond acceptors (Lipinski definition) is 5. The van der Waals surface area contributed by atoms with Crippen molar-refractivity contribution in [1.29, 1.82) is 0 Å². The van der Waals surface area contributed by atoms with Gasteiger partial charge in [-0.15, -0.1) is 5.10 Å². The summed E-state index contributed by atoms with van der Waals surface area (Å²) in [6.45, 7) is 3.92. The molecule has 0 spiro atoms. The summed E-state index contributed by atoms with van der Waals surface area (Å²) in [7, 11) is 0. The molecule has 2 aromatic heterocycles. The molecule has 1 amide bonds. The van der Waals surface area contributed by atoms with Crippen LogP contribution in [0.25, 0.3) is 16.7 Å². The van der Waals surface area contributed by atoms with Gasteiger partial charge < -0.3 is 0 Å². The van der Waals surface area contributed by atoms with Crippen LogP contribution >= 0.6 is 0 Å². The molecule has 0 aliphatic carbocycles. The average molecular weight is 373 g/mol. The monoisotopic (exact) mass is 373 g/mol. The Morgan fingerprint density at radius 1 is 1.11 bits per heavy atom. The van der Waals surface area contributed by atoms with E-state index in [1.807, 2.05) is 73.1 Å². The van der Waals surface area contributed by atoms with E-state index >= 15 is 0 Å². The van der Waals surface area contributed by atoms with Gasteiger partial charge in [0.2, 0.25) is 0 Å². The SMILES string of the molecule is Cc1nn(-c2ccccc2)c(C)c1C=NNC(=O)Cn1nnc2ccccc21. The second-order valence-corrected chi connectivity index (χ2v) is 6.36. The summed E-state index contributed by atoms with van der Waals surface area (Å²) in [6.07, 6.45) is 1.62. The first-order valence-corrected chi connectivity index (χ1v) is 8.85. The zero-order valence-electron chi connectivity index (χ0n) is 15.6. The van der Waals surface area contributed by atoms with E-state index in [1.165, 1.54) is 0 Å². The number of amides is 1. The minimum absolute atomic E-state index is 0.0408. The predicted molar refractivity (Wildman–Crippen MR) is 106 cm³/mol.